The first-order valence-electron chi connectivity index (χ1n) is 6.90. The van der Waals surface area contributed by atoms with E-state index < -0.39 is 0 Å². The number of nitrogens with zero attached hydrogens (tertiary/aromatic N) is 1. The van der Waals surface area contributed by atoms with Crippen molar-refractivity contribution in [1.82, 2.24) is 0 Å². The molecular formula is C15H19BrClN. The minimum absolute atomic E-state index is 0.608. The van der Waals surface area contributed by atoms with E-state index in [1.54, 1.807) is 0 Å². The number of fused-ring (bicyclic) bond motifs is 1. The van der Waals surface area contributed by atoms with Gasteiger partial charge in [-0.3, -0.25) is 0 Å². The van der Waals surface area contributed by atoms with E-state index in [2.05, 4.69) is 39.0 Å². The molecule has 18 heavy (non-hydrogen) atoms. The van der Waals surface area contributed by atoms with E-state index in [4.69, 9.17) is 11.6 Å². The topological polar surface area (TPSA) is 3.24 Å². The van der Waals surface area contributed by atoms with Gasteiger partial charge in [0.1, 0.15) is 0 Å². The molecule has 98 valence electrons. The van der Waals surface area contributed by atoms with Gasteiger partial charge in [0.2, 0.25) is 0 Å². The molecule has 2 atom stereocenters. The van der Waals surface area contributed by atoms with Crippen molar-refractivity contribution in [2.24, 2.45) is 5.92 Å². The maximum Gasteiger partial charge on any atom is 0.0494 e. The smallest absolute Gasteiger partial charge is 0.0494 e. The summed E-state index contributed by atoms with van der Waals surface area (Å²) in [5, 5.41) is 0. The fourth-order valence-electron chi connectivity index (χ4n) is 3.62. The van der Waals surface area contributed by atoms with Crippen molar-refractivity contribution < 1.29 is 0 Å². The lowest BCUT2D eigenvalue weighted by molar-refractivity contribution is 0.342. The van der Waals surface area contributed by atoms with Crippen molar-refractivity contribution in [3.63, 3.8) is 0 Å². The highest BCUT2D eigenvalue weighted by Crippen LogP contribution is 2.40. The number of hydrogen-bond donors (Lipinski definition) is 0. The Balaban J connectivity index is 1.92. The van der Waals surface area contributed by atoms with Gasteiger partial charge in [-0.25, -0.2) is 0 Å². The maximum atomic E-state index is 6.10. The fourth-order valence-corrected chi connectivity index (χ4v) is 4.20. The van der Waals surface area contributed by atoms with Crippen LogP contribution in [0.2, 0.25) is 0 Å². The Labute approximate surface area is 123 Å². The Morgan fingerprint density at radius 3 is 2.89 bits per heavy atom. The molecule has 0 amide bonds. The maximum absolute atomic E-state index is 6.10. The SMILES string of the molecule is ClCc1ccc(Br)cc1N1CCC2CCCCC21. The molecule has 1 aromatic rings. The normalized spacial score (nSPS) is 27.3. The third kappa shape index (κ3) is 2.30. The number of hydrogen-bond acceptors (Lipinski definition) is 1. The summed E-state index contributed by atoms with van der Waals surface area (Å²) >= 11 is 9.69. The summed E-state index contributed by atoms with van der Waals surface area (Å²) in [7, 11) is 0. The zero-order chi connectivity index (χ0) is 12.5. The zero-order valence-electron chi connectivity index (χ0n) is 10.5. The van der Waals surface area contributed by atoms with Gasteiger partial charge in [0.05, 0.1) is 0 Å². The summed E-state index contributed by atoms with van der Waals surface area (Å²) in [4.78, 5) is 2.62. The molecule has 1 aliphatic heterocycles. The first-order valence-corrected chi connectivity index (χ1v) is 8.23. The van der Waals surface area contributed by atoms with Gasteiger partial charge in [-0.15, -0.1) is 11.6 Å². The molecule has 1 heterocycles. The molecule has 1 saturated heterocycles. The molecule has 2 unspecified atom stereocenters. The Bertz CT molecular complexity index is 435. The Hall–Kier alpha value is -0.210. The van der Waals surface area contributed by atoms with Crippen LogP contribution in [0.4, 0.5) is 5.69 Å². The van der Waals surface area contributed by atoms with Gasteiger partial charge in [-0.05, 0) is 42.9 Å². The van der Waals surface area contributed by atoms with Gasteiger partial charge in [-0.1, -0.05) is 34.8 Å². The predicted molar refractivity (Wildman–Crippen MR) is 81.4 cm³/mol. The second kappa shape index (κ2) is 5.42. The monoisotopic (exact) mass is 327 g/mol. The lowest BCUT2D eigenvalue weighted by Gasteiger charge is -2.34. The molecule has 0 aromatic heterocycles. The number of benzene rings is 1. The van der Waals surface area contributed by atoms with Crippen LogP contribution in [0.25, 0.3) is 0 Å². The second-order valence-electron chi connectivity index (χ2n) is 5.50. The Morgan fingerprint density at radius 1 is 1.22 bits per heavy atom. The minimum Gasteiger partial charge on any atom is -0.368 e. The average Bonchev–Trinajstić information content (AvgIpc) is 2.82. The van der Waals surface area contributed by atoms with Gasteiger partial charge in [0.15, 0.2) is 0 Å². The van der Waals surface area contributed by atoms with Crippen LogP contribution in [0.15, 0.2) is 22.7 Å². The summed E-state index contributed by atoms with van der Waals surface area (Å²) in [5.41, 5.74) is 2.62. The Morgan fingerprint density at radius 2 is 2.06 bits per heavy atom. The predicted octanol–water partition coefficient (Wildman–Crippen LogP) is 4.96. The lowest BCUT2D eigenvalue weighted by atomic mass is 9.85. The van der Waals surface area contributed by atoms with Crippen LogP contribution in [-0.2, 0) is 5.88 Å². The third-order valence-corrected chi connectivity index (χ3v) is 5.29. The summed E-state index contributed by atoms with van der Waals surface area (Å²) in [5.74, 6) is 1.53. The van der Waals surface area contributed by atoms with Crippen molar-refractivity contribution in [3.8, 4) is 0 Å². The molecule has 1 saturated carbocycles. The van der Waals surface area contributed by atoms with E-state index in [1.165, 1.54) is 49.9 Å². The van der Waals surface area contributed by atoms with E-state index in [9.17, 15) is 0 Å². The van der Waals surface area contributed by atoms with Gasteiger partial charge < -0.3 is 4.90 Å². The minimum atomic E-state index is 0.608. The van der Waals surface area contributed by atoms with Crippen LogP contribution in [0.1, 0.15) is 37.7 Å². The van der Waals surface area contributed by atoms with Crippen LogP contribution in [0, 0.1) is 5.92 Å². The van der Waals surface area contributed by atoms with Gasteiger partial charge in [0.25, 0.3) is 0 Å². The standard InChI is InChI=1S/C15H19BrClN/c16-13-6-5-12(10-17)15(9-13)18-8-7-11-3-1-2-4-14(11)18/h5-6,9,11,14H,1-4,7-8,10H2. The summed E-state index contributed by atoms with van der Waals surface area (Å²) in [6, 6.07) is 7.25. The third-order valence-electron chi connectivity index (χ3n) is 4.51. The van der Waals surface area contributed by atoms with E-state index in [0.717, 1.165) is 16.4 Å². The summed E-state index contributed by atoms with van der Waals surface area (Å²) < 4.78 is 1.16. The van der Waals surface area contributed by atoms with Crippen molar-refractivity contribution in [2.45, 2.75) is 44.0 Å². The number of alkyl halides is 1. The van der Waals surface area contributed by atoms with Crippen LogP contribution < -0.4 is 4.90 Å². The number of rotatable bonds is 2. The van der Waals surface area contributed by atoms with Crippen molar-refractivity contribution >= 4 is 33.2 Å². The van der Waals surface area contributed by atoms with Crippen LogP contribution in [-0.4, -0.2) is 12.6 Å². The molecule has 0 radical (unpaired) electrons. The van der Waals surface area contributed by atoms with Crippen molar-refractivity contribution in [1.29, 1.82) is 0 Å². The summed E-state index contributed by atoms with van der Waals surface area (Å²) in [6.45, 7) is 1.20. The van der Waals surface area contributed by atoms with E-state index >= 15 is 0 Å². The molecule has 3 rings (SSSR count). The fraction of sp³-hybridized carbons (Fsp3) is 0.600. The largest absolute Gasteiger partial charge is 0.368 e. The molecule has 3 heteroatoms. The van der Waals surface area contributed by atoms with E-state index in [0.29, 0.717) is 5.88 Å². The first kappa shape index (κ1) is 12.8. The molecule has 0 bridgehead atoms. The molecule has 0 N–H and O–H groups in total. The molecular weight excluding hydrogens is 310 g/mol. The quantitative estimate of drug-likeness (QED) is 0.694. The van der Waals surface area contributed by atoms with Crippen LogP contribution in [0.5, 0.6) is 0 Å². The zero-order valence-corrected chi connectivity index (χ0v) is 12.9. The highest BCUT2D eigenvalue weighted by atomic mass is 79.9. The van der Waals surface area contributed by atoms with Crippen molar-refractivity contribution in [2.75, 3.05) is 11.4 Å². The molecule has 1 aromatic carbocycles. The van der Waals surface area contributed by atoms with Gasteiger partial charge in [-0.2, -0.15) is 0 Å². The van der Waals surface area contributed by atoms with Crippen LogP contribution in [0.3, 0.4) is 0 Å². The van der Waals surface area contributed by atoms with Gasteiger partial charge >= 0.3 is 0 Å². The molecule has 2 fully saturated rings. The molecule has 2 aliphatic rings. The van der Waals surface area contributed by atoms with E-state index in [-0.39, 0.29) is 0 Å². The average molecular weight is 329 g/mol. The summed E-state index contributed by atoms with van der Waals surface area (Å²) in [6.07, 6.45) is 6.96. The highest BCUT2D eigenvalue weighted by Gasteiger charge is 2.36. The second-order valence-corrected chi connectivity index (χ2v) is 6.68. The Kier molecular flexibility index (Phi) is 3.86. The van der Waals surface area contributed by atoms with Crippen molar-refractivity contribution in [3.05, 3.63) is 28.2 Å². The first-order chi connectivity index (χ1) is 8.79. The number of halogens is 2. The highest BCUT2D eigenvalue weighted by molar-refractivity contribution is 9.10. The number of anilines is 1. The van der Waals surface area contributed by atoms with Crippen LogP contribution >= 0.6 is 27.5 Å². The molecule has 0 spiro atoms. The van der Waals surface area contributed by atoms with Gasteiger partial charge in [0, 0.05) is 28.6 Å². The lowest BCUT2D eigenvalue weighted by Crippen LogP contribution is -2.35. The molecule has 1 nitrogen and oxygen atoms in total. The molecule has 1 aliphatic carbocycles. The van der Waals surface area contributed by atoms with E-state index in [1.807, 2.05) is 0 Å².